The van der Waals surface area contributed by atoms with Gasteiger partial charge in [-0.1, -0.05) is 6.58 Å². The normalized spacial score (nSPS) is 27.4. The van der Waals surface area contributed by atoms with E-state index < -0.39 is 30.2 Å². The van der Waals surface area contributed by atoms with Crippen LogP contribution in [-0.4, -0.2) is 35.3 Å². The SMILES string of the molecule is C=C(C)C(=O)OCOC(=O)C1CCC(O)C(Cl)C1. The molecule has 102 valence electrons. The minimum atomic E-state index is -0.600. The lowest BCUT2D eigenvalue weighted by Gasteiger charge is -2.27. The fourth-order valence-electron chi connectivity index (χ4n) is 1.70. The number of esters is 2. The number of aliphatic hydroxyl groups is 1. The molecule has 0 amide bonds. The van der Waals surface area contributed by atoms with E-state index >= 15 is 0 Å². The van der Waals surface area contributed by atoms with E-state index in [1.54, 1.807) is 0 Å². The monoisotopic (exact) mass is 276 g/mol. The van der Waals surface area contributed by atoms with Gasteiger partial charge in [-0.15, -0.1) is 11.6 Å². The lowest BCUT2D eigenvalue weighted by molar-refractivity contribution is -0.168. The molecule has 0 bridgehead atoms. The average molecular weight is 277 g/mol. The van der Waals surface area contributed by atoms with E-state index in [-0.39, 0.29) is 11.5 Å². The molecular formula is C12H17ClO5. The highest BCUT2D eigenvalue weighted by molar-refractivity contribution is 6.21. The van der Waals surface area contributed by atoms with Crippen LogP contribution < -0.4 is 0 Å². The summed E-state index contributed by atoms with van der Waals surface area (Å²) in [7, 11) is 0. The largest absolute Gasteiger partial charge is 0.428 e. The third-order valence-electron chi connectivity index (χ3n) is 2.81. The first-order chi connectivity index (χ1) is 8.41. The summed E-state index contributed by atoms with van der Waals surface area (Å²) in [6.07, 6.45) is 0.796. The van der Waals surface area contributed by atoms with Crippen molar-refractivity contribution in [2.24, 2.45) is 5.92 Å². The number of rotatable bonds is 4. The van der Waals surface area contributed by atoms with Crippen molar-refractivity contribution in [2.45, 2.75) is 37.7 Å². The van der Waals surface area contributed by atoms with Gasteiger partial charge < -0.3 is 14.6 Å². The molecule has 0 spiro atoms. The molecule has 0 aromatic carbocycles. The van der Waals surface area contributed by atoms with Crippen LogP contribution >= 0.6 is 11.6 Å². The van der Waals surface area contributed by atoms with Gasteiger partial charge >= 0.3 is 11.9 Å². The summed E-state index contributed by atoms with van der Waals surface area (Å²) in [5, 5.41) is 8.99. The molecule has 6 heteroatoms. The Balaban J connectivity index is 2.29. The van der Waals surface area contributed by atoms with Crippen LogP contribution in [-0.2, 0) is 19.1 Å². The van der Waals surface area contributed by atoms with E-state index in [4.69, 9.17) is 16.3 Å². The highest BCUT2D eigenvalue weighted by Gasteiger charge is 2.32. The van der Waals surface area contributed by atoms with Gasteiger partial charge in [0, 0.05) is 5.57 Å². The molecule has 1 aliphatic rings. The minimum Gasteiger partial charge on any atom is -0.428 e. The van der Waals surface area contributed by atoms with Crippen molar-refractivity contribution < 1.29 is 24.2 Å². The van der Waals surface area contributed by atoms with Crippen LogP contribution in [0.15, 0.2) is 12.2 Å². The lowest BCUT2D eigenvalue weighted by atomic mass is 9.87. The molecule has 0 aromatic heterocycles. The van der Waals surface area contributed by atoms with Crippen LogP contribution in [0, 0.1) is 5.92 Å². The second kappa shape index (κ2) is 6.75. The second-order valence-corrected chi connectivity index (χ2v) is 4.95. The standard InChI is InChI=1S/C12H17ClO5/c1-7(2)11(15)17-6-18-12(16)8-3-4-10(14)9(13)5-8/h8-10,14H,1,3-6H2,2H3. The fourth-order valence-corrected chi connectivity index (χ4v) is 2.04. The van der Waals surface area contributed by atoms with Crippen molar-refractivity contribution in [3.05, 3.63) is 12.2 Å². The Morgan fingerprint density at radius 2 is 2.06 bits per heavy atom. The van der Waals surface area contributed by atoms with E-state index in [1.807, 2.05) is 0 Å². The minimum absolute atomic E-state index is 0.243. The number of ether oxygens (including phenoxy) is 2. The van der Waals surface area contributed by atoms with Gasteiger partial charge in [-0.05, 0) is 26.2 Å². The van der Waals surface area contributed by atoms with Crippen LogP contribution in [0.3, 0.4) is 0 Å². The highest BCUT2D eigenvalue weighted by atomic mass is 35.5. The molecule has 0 saturated heterocycles. The summed E-state index contributed by atoms with van der Waals surface area (Å²) in [4.78, 5) is 22.7. The number of alkyl halides is 1. The van der Waals surface area contributed by atoms with Gasteiger partial charge in [0.25, 0.3) is 0 Å². The van der Waals surface area contributed by atoms with Crippen molar-refractivity contribution in [1.82, 2.24) is 0 Å². The average Bonchev–Trinajstić information content (AvgIpc) is 2.32. The van der Waals surface area contributed by atoms with Crippen molar-refractivity contribution in [3.8, 4) is 0 Å². The summed E-state index contributed by atoms with van der Waals surface area (Å²) in [6, 6.07) is 0. The Labute approximate surface area is 111 Å². The maximum atomic E-state index is 11.6. The predicted molar refractivity (Wildman–Crippen MR) is 64.9 cm³/mol. The van der Waals surface area contributed by atoms with Crippen LogP contribution in [0.25, 0.3) is 0 Å². The van der Waals surface area contributed by atoms with Gasteiger partial charge in [-0.2, -0.15) is 0 Å². The molecule has 0 aromatic rings. The van der Waals surface area contributed by atoms with Gasteiger partial charge in [0.05, 0.1) is 17.4 Å². The summed E-state index contributed by atoms with van der Waals surface area (Å²) in [5.74, 6) is -1.40. The predicted octanol–water partition coefficient (Wildman–Crippen LogP) is 1.37. The first-order valence-corrected chi connectivity index (χ1v) is 6.17. The molecule has 1 saturated carbocycles. The molecular weight excluding hydrogens is 260 g/mol. The van der Waals surface area contributed by atoms with Gasteiger partial charge in [-0.3, -0.25) is 4.79 Å². The number of hydrogen-bond donors (Lipinski definition) is 1. The van der Waals surface area contributed by atoms with Gasteiger partial charge in [0.15, 0.2) is 0 Å². The van der Waals surface area contributed by atoms with E-state index in [2.05, 4.69) is 11.3 Å². The van der Waals surface area contributed by atoms with Crippen LogP contribution in [0.5, 0.6) is 0 Å². The number of carbonyl (C=O) groups is 2. The lowest BCUT2D eigenvalue weighted by Crippen LogP contribution is -2.34. The van der Waals surface area contributed by atoms with Gasteiger partial charge in [-0.25, -0.2) is 4.79 Å². The van der Waals surface area contributed by atoms with Crippen molar-refractivity contribution >= 4 is 23.5 Å². The maximum absolute atomic E-state index is 11.6. The molecule has 0 aliphatic heterocycles. The first-order valence-electron chi connectivity index (χ1n) is 5.73. The van der Waals surface area contributed by atoms with Crippen molar-refractivity contribution in [2.75, 3.05) is 6.79 Å². The summed E-state index contributed by atoms with van der Waals surface area (Å²) in [5.41, 5.74) is 0.243. The van der Waals surface area contributed by atoms with Crippen LogP contribution in [0.1, 0.15) is 26.2 Å². The molecule has 18 heavy (non-hydrogen) atoms. The number of aliphatic hydroxyl groups excluding tert-OH is 1. The highest BCUT2D eigenvalue weighted by Crippen LogP contribution is 2.29. The zero-order valence-electron chi connectivity index (χ0n) is 10.2. The Bertz CT molecular complexity index is 341. The smallest absolute Gasteiger partial charge is 0.335 e. The Morgan fingerprint density at radius 3 is 2.61 bits per heavy atom. The van der Waals surface area contributed by atoms with Crippen molar-refractivity contribution in [1.29, 1.82) is 0 Å². The molecule has 1 N–H and O–H groups in total. The Morgan fingerprint density at radius 1 is 1.39 bits per heavy atom. The molecule has 0 radical (unpaired) electrons. The molecule has 0 heterocycles. The summed E-state index contributed by atoms with van der Waals surface area (Å²) < 4.78 is 9.47. The molecule has 1 fully saturated rings. The van der Waals surface area contributed by atoms with E-state index in [0.717, 1.165) is 0 Å². The number of carbonyl (C=O) groups excluding carboxylic acids is 2. The third kappa shape index (κ3) is 4.31. The Hall–Kier alpha value is -1.07. The summed E-state index contributed by atoms with van der Waals surface area (Å²) in [6.45, 7) is 4.49. The topological polar surface area (TPSA) is 72.8 Å². The van der Waals surface area contributed by atoms with E-state index in [0.29, 0.717) is 19.3 Å². The molecule has 1 aliphatic carbocycles. The van der Waals surface area contributed by atoms with Gasteiger partial charge in [0.2, 0.25) is 6.79 Å². The molecule has 5 nitrogen and oxygen atoms in total. The second-order valence-electron chi connectivity index (χ2n) is 4.39. The quantitative estimate of drug-likeness (QED) is 0.363. The van der Waals surface area contributed by atoms with Crippen molar-refractivity contribution in [3.63, 3.8) is 0 Å². The summed E-state index contributed by atoms with van der Waals surface area (Å²) >= 11 is 5.88. The zero-order chi connectivity index (χ0) is 13.7. The number of halogens is 1. The maximum Gasteiger partial charge on any atom is 0.335 e. The number of hydrogen-bond acceptors (Lipinski definition) is 5. The molecule has 3 atom stereocenters. The van der Waals surface area contributed by atoms with Crippen LogP contribution in [0.2, 0.25) is 0 Å². The Kier molecular flexibility index (Phi) is 5.62. The zero-order valence-corrected chi connectivity index (χ0v) is 11.0. The first kappa shape index (κ1) is 15.0. The molecule has 3 unspecified atom stereocenters. The van der Waals surface area contributed by atoms with E-state index in [1.165, 1.54) is 6.92 Å². The van der Waals surface area contributed by atoms with Gasteiger partial charge in [0.1, 0.15) is 0 Å². The molecule has 1 rings (SSSR count). The van der Waals surface area contributed by atoms with Crippen LogP contribution in [0.4, 0.5) is 0 Å². The fraction of sp³-hybridized carbons (Fsp3) is 0.667. The van der Waals surface area contributed by atoms with E-state index in [9.17, 15) is 14.7 Å². The third-order valence-corrected chi connectivity index (χ3v) is 3.28.